The van der Waals surface area contributed by atoms with Gasteiger partial charge >= 0.3 is 5.97 Å². The number of carbonyl (C=O) groups is 1. The molecular weight excluding hydrogens is 250 g/mol. The van der Waals surface area contributed by atoms with Gasteiger partial charge in [-0.3, -0.25) is 13.9 Å². The van der Waals surface area contributed by atoms with Gasteiger partial charge in [-0.05, 0) is 31.6 Å². The molecule has 1 heterocycles. The van der Waals surface area contributed by atoms with Crippen LogP contribution in [-0.2, 0) is 15.6 Å². The van der Waals surface area contributed by atoms with Gasteiger partial charge in [0.15, 0.2) is 0 Å². The molecule has 104 valence electrons. The Balaban J connectivity index is 2.15. The summed E-state index contributed by atoms with van der Waals surface area (Å²) < 4.78 is 12.0. The molecule has 2 atom stereocenters. The van der Waals surface area contributed by atoms with Crippen molar-refractivity contribution in [2.75, 3.05) is 18.8 Å². The molecule has 1 saturated carbocycles. The van der Waals surface area contributed by atoms with Gasteiger partial charge in [0.1, 0.15) is 6.04 Å². The Labute approximate surface area is 111 Å². The predicted molar refractivity (Wildman–Crippen MR) is 72.0 cm³/mol. The van der Waals surface area contributed by atoms with Crippen LogP contribution in [0.5, 0.6) is 0 Å². The van der Waals surface area contributed by atoms with E-state index in [1.165, 1.54) is 0 Å². The first-order chi connectivity index (χ1) is 8.54. The highest BCUT2D eigenvalue weighted by atomic mass is 32.2. The SMILES string of the molecule is CCC1(CC)CN(C(C(=O)O)C2CC2)CCS1=O. The number of carboxylic acids is 1. The Morgan fingerprint density at radius 1 is 1.44 bits per heavy atom. The van der Waals surface area contributed by atoms with Crippen molar-refractivity contribution in [3.8, 4) is 0 Å². The topological polar surface area (TPSA) is 57.6 Å². The van der Waals surface area contributed by atoms with Gasteiger partial charge in [-0.25, -0.2) is 0 Å². The summed E-state index contributed by atoms with van der Waals surface area (Å²) >= 11 is 0. The molecule has 1 aliphatic carbocycles. The highest BCUT2D eigenvalue weighted by Gasteiger charge is 2.46. The average molecular weight is 273 g/mol. The molecule has 2 aliphatic rings. The van der Waals surface area contributed by atoms with Crippen LogP contribution in [0.4, 0.5) is 0 Å². The van der Waals surface area contributed by atoms with Gasteiger partial charge in [-0.1, -0.05) is 13.8 Å². The molecule has 4 nitrogen and oxygen atoms in total. The number of aliphatic carboxylic acids is 1. The summed E-state index contributed by atoms with van der Waals surface area (Å²) in [6.45, 7) is 5.48. The number of hydrogen-bond donors (Lipinski definition) is 1. The first-order valence-electron chi connectivity index (χ1n) is 6.89. The van der Waals surface area contributed by atoms with Crippen molar-refractivity contribution in [2.45, 2.75) is 50.3 Å². The minimum Gasteiger partial charge on any atom is -0.480 e. The van der Waals surface area contributed by atoms with Crippen LogP contribution in [0.2, 0.25) is 0 Å². The van der Waals surface area contributed by atoms with Crippen LogP contribution in [0.25, 0.3) is 0 Å². The van der Waals surface area contributed by atoms with Crippen LogP contribution in [0.1, 0.15) is 39.5 Å². The lowest BCUT2D eigenvalue weighted by Crippen LogP contribution is -2.58. The first kappa shape index (κ1) is 14.0. The van der Waals surface area contributed by atoms with E-state index in [1.54, 1.807) is 0 Å². The zero-order valence-corrected chi connectivity index (χ0v) is 12.0. The molecule has 18 heavy (non-hydrogen) atoms. The van der Waals surface area contributed by atoms with Gasteiger partial charge in [0.2, 0.25) is 0 Å². The Hall–Kier alpha value is -0.420. The standard InChI is InChI=1S/C13H23NO3S/c1-3-13(4-2)9-14(7-8-18(13)17)11(12(15)16)10-5-6-10/h10-11H,3-9H2,1-2H3,(H,15,16). The molecule has 1 N–H and O–H groups in total. The van der Waals surface area contributed by atoms with Gasteiger partial charge in [0.25, 0.3) is 0 Å². The summed E-state index contributed by atoms with van der Waals surface area (Å²) in [6, 6.07) is -0.347. The molecule has 0 amide bonds. The number of carboxylic acid groups (broad SMARTS) is 1. The van der Waals surface area contributed by atoms with E-state index in [2.05, 4.69) is 18.7 Å². The van der Waals surface area contributed by atoms with Crippen molar-refractivity contribution in [2.24, 2.45) is 5.92 Å². The molecule has 0 spiro atoms. The summed E-state index contributed by atoms with van der Waals surface area (Å²) in [5, 5.41) is 9.40. The van der Waals surface area contributed by atoms with Crippen LogP contribution in [0, 0.1) is 5.92 Å². The zero-order chi connectivity index (χ0) is 13.3. The second kappa shape index (κ2) is 5.29. The molecule has 1 aliphatic heterocycles. The maximum atomic E-state index is 12.2. The molecule has 2 fully saturated rings. The third-order valence-electron chi connectivity index (χ3n) is 4.54. The third-order valence-corrected chi connectivity index (χ3v) is 6.77. The number of rotatable bonds is 5. The maximum Gasteiger partial charge on any atom is 0.321 e. The Kier molecular flexibility index (Phi) is 4.11. The van der Waals surface area contributed by atoms with Crippen LogP contribution in [0.15, 0.2) is 0 Å². The van der Waals surface area contributed by atoms with Crippen molar-refractivity contribution in [3.63, 3.8) is 0 Å². The number of nitrogens with zero attached hydrogens (tertiary/aromatic N) is 1. The minimum atomic E-state index is -0.815. The maximum absolute atomic E-state index is 12.2. The van der Waals surface area contributed by atoms with Crippen molar-refractivity contribution >= 4 is 16.8 Å². The van der Waals surface area contributed by atoms with E-state index in [1.807, 2.05) is 0 Å². The van der Waals surface area contributed by atoms with E-state index in [-0.39, 0.29) is 10.8 Å². The normalized spacial score (nSPS) is 30.0. The van der Waals surface area contributed by atoms with Crippen LogP contribution < -0.4 is 0 Å². The molecule has 0 aromatic carbocycles. The fourth-order valence-electron chi connectivity index (χ4n) is 3.04. The molecule has 2 rings (SSSR count). The van der Waals surface area contributed by atoms with E-state index in [0.717, 1.165) is 25.7 Å². The third kappa shape index (κ3) is 2.48. The van der Waals surface area contributed by atoms with Crippen LogP contribution >= 0.6 is 0 Å². The fourth-order valence-corrected chi connectivity index (χ4v) is 4.83. The molecule has 0 bridgehead atoms. The van der Waals surface area contributed by atoms with Gasteiger partial charge in [0.05, 0.1) is 4.75 Å². The minimum absolute atomic E-state index is 0.194. The Bertz CT molecular complexity index is 350. The zero-order valence-electron chi connectivity index (χ0n) is 11.2. The molecule has 0 aromatic rings. The first-order valence-corrected chi connectivity index (χ1v) is 8.21. The van der Waals surface area contributed by atoms with Gasteiger partial charge in [0, 0.05) is 29.6 Å². The van der Waals surface area contributed by atoms with Gasteiger partial charge < -0.3 is 5.11 Å². The Morgan fingerprint density at radius 2 is 2.06 bits per heavy atom. The van der Waals surface area contributed by atoms with Crippen LogP contribution in [0.3, 0.4) is 0 Å². The van der Waals surface area contributed by atoms with E-state index >= 15 is 0 Å². The van der Waals surface area contributed by atoms with E-state index in [0.29, 0.717) is 24.8 Å². The van der Waals surface area contributed by atoms with Gasteiger partial charge in [-0.2, -0.15) is 0 Å². The Morgan fingerprint density at radius 3 is 2.50 bits per heavy atom. The fraction of sp³-hybridized carbons (Fsp3) is 0.923. The van der Waals surface area contributed by atoms with E-state index in [4.69, 9.17) is 0 Å². The summed E-state index contributed by atoms with van der Waals surface area (Å²) in [6.07, 6.45) is 3.79. The summed E-state index contributed by atoms with van der Waals surface area (Å²) in [4.78, 5) is 13.5. The van der Waals surface area contributed by atoms with Crippen molar-refractivity contribution < 1.29 is 14.1 Å². The lowest BCUT2D eigenvalue weighted by Gasteiger charge is -2.43. The number of hydrogen-bond acceptors (Lipinski definition) is 3. The quantitative estimate of drug-likeness (QED) is 0.824. The lowest BCUT2D eigenvalue weighted by molar-refractivity contribution is -0.144. The highest BCUT2D eigenvalue weighted by Crippen LogP contribution is 2.38. The van der Waals surface area contributed by atoms with Crippen molar-refractivity contribution in [1.29, 1.82) is 0 Å². The van der Waals surface area contributed by atoms with Crippen molar-refractivity contribution in [3.05, 3.63) is 0 Å². The summed E-state index contributed by atoms with van der Waals surface area (Å²) in [7, 11) is -0.815. The molecule has 2 unspecified atom stereocenters. The van der Waals surface area contributed by atoms with E-state index in [9.17, 15) is 14.1 Å². The second-order valence-corrected chi connectivity index (χ2v) is 7.50. The smallest absolute Gasteiger partial charge is 0.321 e. The van der Waals surface area contributed by atoms with Crippen molar-refractivity contribution in [1.82, 2.24) is 4.90 Å². The highest BCUT2D eigenvalue weighted by molar-refractivity contribution is 7.86. The van der Waals surface area contributed by atoms with E-state index < -0.39 is 16.8 Å². The second-order valence-electron chi connectivity index (χ2n) is 5.53. The molecule has 5 heteroatoms. The predicted octanol–water partition coefficient (Wildman–Crippen LogP) is 1.47. The summed E-state index contributed by atoms with van der Waals surface area (Å²) in [5.41, 5.74) is 0. The van der Waals surface area contributed by atoms with Gasteiger partial charge in [-0.15, -0.1) is 0 Å². The molecule has 0 radical (unpaired) electrons. The van der Waals surface area contributed by atoms with Crippen LogP contribution in [-0.4, -0.2) is 49.8 Å². The molecule has 1 saturated heterocycles. The lowest BCUT2D eigenvalue weighted by atomic mass is 9.99. The molecular formula is C13H23NO3S. The monoisotopic (exact) mass is 273 g/mol. The summed E-state index contributed by atoms with van der Waals surface area (Å²) in [5.74, 6) is 0.241. The molecule has 0 aromatic heterocycles. The largest absolute Gasteiger partial charge is 0.480 e. The average Bonchev–Trinajstić information content (AvgIpc) is 3.16.